The van der Waals surface area contributed by atoms with Gasteiger partial charge in [0.25, 0.3) is 0 Å². The molecule has 94 valence electrons. The average molecular weight is 228 g/mol. The lowest BCUT2D eigenvalue weighted by Crippen LogP contribution is -2.34. The van der Waals surface area contributed by atoms with E-state index >= 15 is 0 Å². The molecule has 0 spiro atoms. The van der Waals surface area contributed by atoms with Crippen LogP contribution in [0.1, 0.15) is 19.3 Å². The van der Waals surface area contributed by atoms with Gasteiger partial charge in [0.2, 0.25) is 0 Å². The Kier molecular flexibility index (Phi) is 4.58. The molecule has 0 amide bonds. The second kappa shape index (κ2) is 5.96. The normalized spacial score (nSPS) is 29.1. The van der Waals surface area contributed by atoms with Crippen molar-refractivity contribution in [3.8, 4) is 0 Å². The van der Waals surface area contributed by atoms with Crippen LogP contribution in [0.15, 0.2) is 0 Å². The summed E-state index contributed by atoms with van der Waals surface area (Å²) >= 11 is 0. The summed E-state index contributed by atoms with van der Waals surface area (Å²) in [5.41, 5.74) is 0. The van der Waals surface area contributed by atoms with Crippen LogP contribution in [0, 0.1) is 0 Å². The van der Waals surface area contributed by atoms with Gasteiger partial charge < -0.3 is 19.3 Å². The maximum Gasteiger partial charge on any atom is 0.158 e. The first-order valence-electron chi connectivity index (χ1n) is 6.37. The molecule has 0 radical (unpaired) electrons. The minimum Gasteiger partial charge on any atom is -0.353 e. The zero-order valence-corrected chi connectivity index (χ0v) is 10.5. The highest BCUT2D eigenvalue weighted by molar-refractivity contribution is 4.80. The first kappa shape index (κ1) is 12.3. The number of nitrogens with zero attached hydrogens (tertiary/aromatic N) is 2. The van der Waals surface area contributed by atoms with Gasteiger partial charge in [-0.1, -0.05) is 0 Å². The molecule has 16 heavy (non-hydrogen) atoms. The number of ether oxygens (including phenoxy) is 2. The Balaban J connectivity index is 1.63. The van der Waals surface area contributed by atoms with Crippen molar-refractivity contribution in [2.75, 3.05) is 46.9 Å². The zero-order chi connectivity index (χ0) is 11.4. The smallest absolute Gasteiger partial charge is 0.158 e. The van der Waals surface area contributed by atoms with Gasteiger partial charge in [0.05, 0.1) is 13.2 Å². The summed E-state index contributed by atoms with van der Waals surface area (Å²) in [6, 6.07) is 0.730. The molecule has 0 aliphatic carbocycles. The highest BCUT2D eigenvalue weighted by atomic mass is 16.7. The summed E-state index contributed by atoms with van der Waals surface area (Å²) in [7, 11) is 4.34. The fourth-order valence-corrected chi connectivity index (χ4v) is 2.43. The van der Waals surface area contributed by atoms with Crippen molar-refractivity contribution in [3.63, 3.8) is 0 Å². The molecule has 2 aliphatic heterocycles. The van der Waals surface area contributed by atoms with Crippen LogP contribution in [-0.4, -0.2) is 69.1 Å². The number of hydrogen-bond donors (Lipinski definition) is 0. The van der Waals surface area contributed by atoms with Crippen molar-refractivity contribution < 1.29 is 9.47 Å². The van der Waals surface area contributed by atoms with Crippen molar-refractivity contribution >= 4 is 0 Å². The van der Waals surface area contributed by atoms with Crippen molar-refractivity contribution in [1.82, 2.24) is 9.80 Å². The zero-order valence-electron chi connectivity index (χ0n) is 10.5. The predicted octanol–water partition coefficient (Wildman–Crippen LogP) is 0.775. The van der Waals surface area contributed by atoms with Gasteiger partial charge in [0.1, 0.15) is 0 Å². The quantitative estimate of drug-likeness (QED) is 0.710. The van der Waals surface area contributed by atoms with Crippen molar-refractivity contribution in [2.24, 2.45) is 0 Å². The molecule has 2 aliphatic rings. The lowest BCUT2D eigenvalue weighted by Gasteiger charge is -2.25. The van der Waals surface area contributed by atoms with E-state index in [2.05, 4.69) is 23.9 Å². The fraction of sp³-hybridized carbons (Fsp3) is 1.00. The molecule has 0 saturated carbocycles. The molecule has 2 saturated heterocycles. The second-order valence-electron chi connectivity index (χ2n) is 5.02. The van der Waals surface area contributed by atoms with Crippen molar-refractivity contribution in [1.29, 1.82) is 0 Å². The standard InChI is InChI=1S/C12H24N2O2/c1-13(2)11-4-6-14(10-11)7-5-12-15-8-3-9-16-12/h11-12H,3-10H2,1-2H3. The van der Waals surface area contributed by atoms with E-state index in [0.29, 0.717) is 0 Å². The van der Waals surface area contributed by atoms with Crippen LogP contribution in [0.2, 0.25) is 0 Å². The second-order valence-corrected chi connectivity index (χ2v) is 5.02. The summed E-state index contributed by atoms with van der Waals surface area (Å²) in [4.78, 5) is 4.85. The Hall–Kier alpha value is -0.160. The molecule has 0 N–H and O–H groups in total. The van der Waals surface area contributed by atoms with Crippen molar-refractivity contribution in [2.45, 2.75) is 31.6 Å². The molecule has 1 unspecified atom stereocenters. The van der Waals surface area contributed by atoms with E-state index in [1.807, 2.05) is 0 Å². The van der Waals surface area contributed by atoms with Crippen LogP contribution in [0.25, 0.3) is 0 Å². The largest absolute Gasteiger partial charge is 0.353 e. The highest BCUT2D eigenvalue weighted by Crippen LogP contribution is 2.15. The number of rotatable bonds is 4. The minimum absolute atomic E-state index is 0.0483. The Morgan fingerprint density at radius 2 is 2.00 bits per heavy atom. The Morgan fingerprint density at radius 3 is 2.62 bits per heavy atom. The van der Waals surface area contributed by atoms with Crippen LogP contribution in [0.4, 0.5) is 0 Å². The first-order chi connectivity index (χ1) is 7.75. The number of likely N-dealkylation sites (N-methyl/N-ethyl adjacent to an activating group) is 1. The summed E-state index contributed by atoms with van der Waals surface area (Å²) in [5, 5.41) is 0. The third-order valence-corrected chi connectivity index (χ3v) is 3.55. The van der Waals surface area contributed by atoms with Crippen LogP contribution < -0.4 is 0 Å². The van der Waals surface area contributed by atoms with Crippen LogP contribution >= 0.6 is 0 Å². The van der Waals surface area contributed by atoms with E-state index in [1.165, 1.54) is 19.5 Å². The SMILES string of the molecule is CN(C)C1CCN(CCC2OCCCO2)C1. The third kappa shape index (κ3) is 3.42. The summed E-state index contributed by atoms with van der Waals surface area (Å²) < 4.78 is 11.1. The Labute approximate surface area is 98.5 Å². The lowest BCUT2D eigenvalue weighted by molar-refractivity contribution is -0.182. The van der Waals surface area contributed by atoms with Gasteiger partial charge in [-0.25, -0.2) is 0 Å². The van der Waals surface area contributed by atoms with E-state index in [1.54, 1.807) is 0 Å². The molecule has 0 bridgehead atoms. The van der Waals surface area contributed by atoms with Gasteiger partial charge in [-0.2, -0.15) is 0 Å². The Bertz CT molecular complexity index is 205. The van der Waals surface area contributed by atoms with Gasteiger partial charge in [-0.3, -0.25) is 0 Å². The van der Waals surface area contributed by atoms with Gasteiger partial charge in [0.15, 0.2) is 6.29 Å². The fourth-order valence-electron chi connectivity index (χ4n) is 2.43. The molecule has 0 aromatic carbocycles. The molecule has 4 heteroatoms. The topological polar surface area (TPSA) is 24.9 Å². The van der Waals surface area contributed by atoms with E-state index in [0.717, 1.165) is 38.6 Å². The molecule has 2 fully saturated rings. The number of hydrogen-bond acceptors (Lipinski definition) is 4. The van der Waals surface area contributed by atoms with E-state index in [-0.39, 0.29) is 6.29 Å². The summed E-state index contributed by atoms with van der Waals surface area (Å²) in [6.07, 6.45) is 3.40. The van der Waals surface area contributed by atoms with Gasteiger partial charge in [0, 0.05) is 25.6 Å². The summed E-state index contributed by atoms with van der Waals surface area (Å²) in [6.45, 7) is 5.25. The predicted molar refractivity (Wildman–Crippen MR) is 63.5 cm³/mol. The molecule has 2 rings (SSSR count). The molecule has 2 heterocycles. The van der Waals surface area contributed by atoms with Crippen molar-refractivity contribution in [3.05, 3.63) is 0 Å². The van der Waals surface area contributed by atoms with Gasteiger partial charge in [-0.05, 0) is 33.5 Å². The third-order valence-electron chi connectivity index (χ3n) is 3.55. The minimum atomic E-state index is 0.0483. The summed E-state index contributed by atoms with van der Waals surface area (Å²) in [5.74, 6) is 0. The maximum absolute atomic E-state index is 5.55. The molecular formula is C12H24N2O2. The van der Waals surface area contributed by atoms with E-state index in [9.17, 15) is 0 Å². The average Bonchev–Trinajstić information content (AvgIpc) is 2.76. The van der Waals surface area contributed by atoms with Gasteiger partial charge in [-0.15, -0.1) is 0 Å². The number of likely N-dealkylation sites (tertiary alicyclic amines) is 1. The monoisotopic (exact) mass is 228 g/mol. The van der Waals surface area contributed by atoms with Gasteiger partial charge >= 0.3 is 0 Å². The van der Waals surface area contributed by atoms with E-state index < -0.39 is 0 Å². The molecule has 0 aromatic heterocycles. The molecule has 1 atom stereocenters. The highest BCUT2D eigenvalue weighted by Gasteiger charge is 2.24. The van der Waals surface area contributed by atoms with Crippen LogP contribution in [0.3, 0.4) is 0 Å². The molecular weight excluding hydrogens is 204 g/mol. The Morgan fingerprint density at radius 1 is 1.25 bits per heavy atom. The first-order valence-corrected chi connectivity index (χ1v) is 6.37. The van der Waals surface area contributed by atoms with Crippen LogP contribution in [0.5, 0.6) is 0 Å². The van der Waals surface area contributed by atoms with E-state index in [4.69, 9.17) is 9.47 Å². The molecule has 0 aromatic rings. The molecule has 4 nitrogen and oxygen atoms in total. The van der Waals surface area contributed by atoms with Crippen LogP contribution in [-0.2, 0) is 9.47 Å². The maximum atomic E-state index is 5.55. The lowest BCUT2D eigenvalue weighted by atomic mass is 10.2.